The molecule has 21 heavy (non-hydrogen) atoms. The Kier molecular flexibility index (Phi) is 3.82. The highest BCUT2D eigenvalue weighted by molar-refractivity contribution is 7.92. The minimum absolute atomic E-state index is 0.243. The Morgan fingerprint density at radius 1 is 1.00 bits per heavy atom. The van der Waals surface area contributed by atoms with E-state index in [-0.39, 0.29) is 5.69 Å². The fourth-order valence-corrected chi connectivity index (χ4v) is 2.80. The largest absolute Gasteiger partial charge is 0.507 e. The van der Waals surface area contributed by atoms with Crippen molar-refractivity contribution in [1.29, 1.82) is 0 Å². The van der Waals surface area contributed by atoms with Crippen molar-refractivity contribution in [3.05, 3.63) is 54.1 Å². The van der Waals surface area contributed by atoms with E-state index in [9.17, 15) is 26.7 Å². The van der Waals surface area contributed by atoms with Crippen molar-refractivity contribution < 1.29 is 26.7 Å². The molecule has 112 valence electrons. The van der Waals surface area contributed by atoms with Gasteiger partial charge in [-0.1, -0.05) is 18.2 Å². The summed E-state index contributed by atoms with van der Waals surface area (Å²) in [6.07, 6.45) is -4.57. The van der Waals surface area contributed by atoms with Crippen molar-refractivity contribution in [2.24, 2.45) is 0 Å². The van der Waals surface area contributed by atoms with Crippen LogP contribution in [0.5, 0.6) is 5.75 Å². The first kappa shape index (κ1) is 15.2. The molecule has 0 aromatic heterocycles. The third-order valence-electron chi connectivity index (χ3n) is 2.60. The van der Waals surface area contributed by atoms with E-state index in [0.29, 0.717) is 6.07 Å². The Labute approximate surface area is 118 Å². The number of anilines is 1. The molecule has 4 nitrogen and oxygen atoms in total. The fourth-order valence-electron chi connectivity index (χ4n) is 1.65. The zero-order chi connectivity index (χ0) is 15.7. The molecule has 0 saturated carbocycles. The lowest BCUT2D eigenvalue weighted by molar-refractivity contribution is -0.137. The summed E-state index contributed by atoms with van der Waals surface area (Å²) in [4.78, 5) is -0.414. The van der Waals surface area contributed by atoms with Crippen LogP contribution in [0.3, 0.4) is 0 Å². The molecule has 0 unspecified atom stereocenters. The molecule has 2 N–H and O–H groups in total. The maximum Gasteiger partial charge on any atom is 0.416 e. The standard InChI is InChI=1S/C13H10F3NO3S/c14-13(15,16)9-4-3-5-10(8-9)17-21(19,20)12-7-2-1-6-11(12)18/h1-8,17-18H. The molecule has 2 aromatic rings. The minimum atomic E-state index is -4.57. The highest BCUT2D eigenvalue weighted by Crippen LogP contribution is 2.31. The average Bonchev–Trinajstić information content (AvgIpc) is 2.37. The van der Waals surface area contributed by atoms with Gasteiger partial charge in [0.05, 0.1) is 5.56 Å². The van der Waals surface area contributed by atoms with Gasteiger partial charge in [0, 0.05) is 5.69 Å². The summed E-state index contributed by atoms with van der Waals surface area (Å²) in [5.74, 6) is -0.489. The van der Waals surface area contributed by atoms with E-state index >= 15 is 0 Å². The molecule has 0 aliphatic rings. The molecule has 0 spiro atoms. The zero-order valence-corrected chi connectivity index (χ0v) is 11.2. The van der Waals surface area contributed by atoms with Crippen LogP contribution < -0.4 is 4.72 Å². The van der Waals surface area contributed by atoms with Gasteiger partial charge < -0.3 is 5.11 Å². The number of hydrogen-bond acceptors (Lipinski definition) is 3. The second-order valence-corrected chi connectivity index (χ2v) is 5.80. The highest BCUT2D eigenvalue weighted by Gasteiger charge is 2.30. The van der Waals surface area contributed by atoms with Crippen molar-refractivity contribution >= 4 is 15.7 Å². The number of sulfonamides is 1. The molecule has 0 saturated heterocycles. The predicted molar refractivity (Wildman–Crippen MR) is 70.4 cm³/mol. The van der Waals surface area contributed by atoms with Crippen LogP contribution in [0, 0.1) is 0 Å². The maximum absolute atomic E-state index is 12.6. The molecule has 0 bridgehead atoms. The van der Waals surface area contributed by atoms with Gasteiger partial charge in [-0.05, 0) is 30.3 Å². The summed E-state index contributed by atoms with van der Waals surface area (Å²) in [5.41, 5.74) is -1.21. The Morgan fingerprint density at radius 2 is 1.67 bits per heavy atom. The number of rotatable bonds is 3. The van der Waals surface area contributed by atoms with Crippen LogP contribution in [-0.4, -0.2) is 13.5 Å². The first-order valence-corrected chi connectivity index (χ1v) is 7.16. The zero-order valence-electron chi connectivity index (χ0n) is 10.4. The number of phenolic OH excluding ortho intramolecular Hbond substituents is 1. The molecular weight excluding hydrogens is 307 g/mol. The quantitative estimate of drug-likeness (QED) is 0.913. The number of nitrogens with one attached hydrogen (secondary N) is 1. The molecule has 0 radical (unpaired) electrons. The molecule has 0 amide bonds. The highest BCUT2D eigenvalue weighted by atomic mass is 32.2. The Morgan fingerprint density at radius 3 is 2.29 bits per heavy atom. The van der Waals surface area contributed by atoms with Gasteiger partial charge in [-0.3, -0.25) is 4.72 Å². The Bertz CT molecular complexity index is 757. The monoisotopic (exact) mass is 317 g/mol. The summed E-state index contributed by atoms with van der Waals surface area (Å²) in [7, 11) is -4.17. The van der Waals surface area contributed by atoms with Crippen LogP contribution >= 0.6 is 0 Å². The van der Waals surface area contributed by atoms with Gasteiger partial charge in [-0.2, -0.15) is 13.2 Å². The van der Waals surface area contributed by atoms with Crippen molar-refractivity contribution in [3.63, 3.8) is 0 Å². The van der Waals surface area contributed by atoms with Gasteiger partial charge in [0.1, 0.15) is 10.6 Å². The minimum Gasteiger partial charge on any atom is -0.507 e. The second kappa shape index (κ2) is 5.28. The summed E-state index contributed by atoms with van der Waals surface area (Å²) >= 11 is 0. The molecule has 2 rings (SSSR count). The Balaban J connectivity index is 2.36. The molecule has 0 aliphatic carbocycles. The van der Waals surface area contributed by atoms with Crippen LogP contribution in [-0.2, 0) is 16.2 Å². The predicted octanol–water partition coefficient (Wildman–Crippen LogP) is 3.21. The van der Waals surface area contributed by atoms with Crippen molar-refractivity contribution in [3.8, 4) is 5.75 Å². The van der Waals surface area contributed by atoms with Gasteiger partial charge in [-0.25, -0.2) is 8.42 Å². The smallest absolute Gasteiger partial charge is 0.416 e. The molecule has 0 heterocycles. The van der Waals surface area contributed by atoms with E-state index in [1.54, 1.807) is 0 Å². The number of hydrogen-bond donors (Lipinski definition) is 2. The van der Waals surface area contributed by atoms with Gasteiger partial charge in [0.15, 0.2) is 0 Å². The third kappa shape index (κ3) is 3.46. The number of halogens is 3. The van der Waals surface area contributed by atoms with E-state index in [4.69, 9.17) is 0 Å². The maximum atomic E-state index is 12.6. The number of benzene rings is 2. The first-order chi connectivity index (χ1) is 9.70. The fraction of sp³-hybridized carbons (Fsp3) is 0.0769. The number of aromatic hydroxyl groups is 1. The summed E-state index contributed by atoms with van der Waals surface area (Å²) in [5, 5.41) is 9.51. The van der Waals surface area contributed by atoms with Gasteiger partial charge in [-0.15, -0.1) is 0 Å². The van der Waals surface area contributed by atoms with Crippen molar-refractivity contribution in [2.75, 3.05) is 4.72 Å². The molecule has 0 aliphatic heterocycles. The van der Waals surface area contributed by atoms with Crippen LogP contribution in [0.4, 0.5) is 18.9 Å². The second-order valence-electron chi connectivity index (χ2n) is 4.15. The van der Waals surface area contributed by atoms with Gasteiger partial charge >= 0.3 is 6.18 Å². The van der Waals surface area contributed by atoms with Crippen LogP contribution in [0.1, 0.15) is 5.56 Å². The summed E-state index contributed by atoms with van der Waals surface area (Å²) in [6.45, 7) is 0. The van der Waals surface area contributed by atoms with E-state index in [1.807, 2.05) is 4.72 Å². The SMILES string of the molecule is O=S(=O)(Nc1cccc(C(F)(F)F)c1)c1ccccc1O. The number of para-hydroxylation sites is 1. The van der Waals surface area contributed by atoms with Crippen LogP contribution in [0.2, 0.25) is 0 Å². The topological polar surface area (TPSA) is 66.4 Å². The molecule has 2 aromatic carbocycles. The molecule has 8 heteroatoms. The normalized spacial score (nSPS) is 12.1. The van der Waals surface area contributed by atoms with E-state index in [1.165, 1.54) is 24.3 Å². The van der Waals surface area contributed by atoms with Crippen molar-refractivity contribution in [1.82, 2.24) is 0 Å². The Hall–Kier alpha value is -2.22. The van der Waals surface area contributed by atoms with Gasteiger partial charge in [0.2, 0.25) is 0 Å². The number of phenols is 1. The van der Waals surface area contributed by atoms with Crippen LogP contribution in [0.25, 0.3) is 0 Å². The molecule has 0 atom stereocenters. The lowest BCUT2D eigenvalue weighted by Crippen LogP contribution is -2.14. The molecular formula is C13H10F3NO3S. The lowest BCUT2D eigenvalue weighted by atomic mass is 10.2. The van der Waals surface area contributed by atoms with E-state index < -0.39 is 32.4 Å². The average molecular weight is 317 g/mol. The third-order valence-corrected chi connectivity index (χ3v) is 4.03. The van der Waals surface area contributed by atoms with Crippen LogP contribution in [0.15, 0.2) is 53.4 Å². The van der Waals surface area contributed by atoms with E-state index in [0.717, 1.165) is 18.2 Å². The summed E-state index contributed by atoms with van der Waals surface area (Å²) < 4.78 is 63.8. The van der Waals surface area contributed by atoms with Gasteiger partial charge in [0.25, 0.3) is 10.0 Å². The van der Waals surface area contributed by atoms with Crippen molar-refractivity contribution in [2.45, 2.75) is 11.1 Å². The van der Waals surface area contributed by atoms with E-state index in [2.05, 4.69) is 0 Å². The molecule has 0 fully saturated rings. The summed E-state index contributed by atoms with van der Waals surface area (Å²) in [6, 6.07) is 8.92. The lowest BCUT2D eigenvalue weighted by Gasteiger charge is -2.11. The first-order valence-electron chi connectivity index (χ1n) is 5.68. The number of alkyl halides is 3.